The lowest BCUT2D eigenvalue weighted by atomic mass is 9.74. The lowest BCUT2D eigenvalue weighted by Crippen LogP contribution is -2.23. The minimum atomic E-state index is -1.18. The molecule has 1 heterocycles. The van der Waals surface area contributed by atoms with Crippen LogP contribution in [0.5, 0.6) is 0 Å². The van der Waals surface area contributed by atoms with Gasteiger partial charge >= 0.3 is 7.12 Å². The minimum Gasteiger partial charge on any atom is -0.427 e. The molecule has 0 aromatic heterocycles. The van der Waals surface area contributed by atoms with E-state index in [0.717, 1.165) is 0 Å². The molecule has 6 heteroatoms. The molecule has 0 aromatic carbocycles. The van der Waals surface area contributed by atoms with Crippen LogP contribution in [0, 0.1) is 0 Å². The van der Waals surface area contributed by atoms with Crippen molar-refractivity contribution in [3.63, 3.8) is 0 Å². The Morgan fingerprint density at radius 2 is 1.67 bits per heavy atom. The summed E-state index contributed by atoms with van der Waals surface area (Å²) in [5.74, 6) is -0.0463. The average molecular weight is 152 g/mol. The first kappa shape index (κ1) is 9.19. The van der Waals surface area contributed by atoms with E-state index >= 15 is 0 Å². The lowest BCUT2D eigenvalue weighted by molar-refractivity contribution is 0.390. The summed E-state index contributed by atoms with van der Waals surface area (Å²) in [6.45, 7) is 1.27. The van der Waals surface area contributed by atoms with Crippen LogP contribution in [0.15, 0.2) is 0 Å². The van der Waals surface area contributed by atoms with Gasteiger partial charge in [0.05, 0.1) is 0 Å². The molecule has 1 aliphatic rings. The van der Waals surface area contributed by atoms with Gasteiger partial charge in [0.15, 0.2) is 0 Å². The molecule has 1 aliphatic heterocycles. The second-order valence-electron chi connectivity index (χ2n) is 1.94. The van der Waals surface area contributed by atoms with Crippen LogP contribution >= 0.6 is 12.4 Å². The van der Waals surface area contributed by atoms with Gasteiger partial charge in [-0.3, -0.25) is 10.9 Å². The number of rotatable bonds is 1. The van der Waals surface area contributed by atoms with Gasteiger partial charge in [0.25, 0.3) is 0 Å². The van der Waals surface area contributed by atoms with Crippen LogP contribution in [-0.4, -0.2) is 30.3 Å². The van der Waals surface area contributed by atoms with E-state index in [1.807, 2.05) is 0 Å². The molecule has 0 aromatic rings. The maximum absolute atomic E-state index is 8.53. The summed E-state index contributed by atoms with van der Waals surface area (Å²) in [7, 11) is -1.18. The van der Waals surface area contributed by atoms with Crippen LogP contribution in [0.25, 0.3) is 0 Å². The van der Waals surface area contributed by atoms with Crippen molar-refractivity contribution in [2.24, 2.45) is 0 Å². The maximum Gasteiger partial charge on any atom is 0.457 e. The van der Waals surface area contributed by atoms with Crippen molar-refractivity contribution in [3.8, 4) is 0 Å². The Hall–Kier alpha value is 0.195. The Balaban J connectivity index is 0.000000640. The molecule has 54 valence electrons. The van der Waals surface area contributed by atoms with Gasteiger partial charge in [-0.15, -0.1) is 12.4 Å². The maximum atomic E-state index is 8.53. The summed E-state index contributed by atoms with van der Waals surface area (Å²) in [6.07, 6.45) is 0. The highest BCUT2D eigenvalue weighted by Gasteiger charge is 2.25. The van der Waals surface area contributed by atoms with E-state index in [1.54, 1.807) is 0 Å². The van der Waals surface area contributed by atoms with Gasteiger partial charge in [0.2, 0.25) is 0 Å². The molecule has 4 nitrogen and oxygen atoms in total. The van der Waals surface area contributed by atoms with Gasteiger partial charge < -0.3 is 10.0 Å². The molecule has 0 saturated carbocycles. The fraction of sp³-hybridized carbons (Fsp3) is 1.00. The summed E-state index contributed by atoms with van der Waals surface area (Å²) in [5.41, 5.74) is 5.57. The normalized spacial score (nSPS) is 19.3. The van der Waals surface area contributed by atoms with Gasteiger partial charge in [0, 0.05) is 18.9 Å². The molecule has 0 amide bonds. The molecule has 4 N–H and O–H groups in total. The molecule has 1 fully saturated rings. The van der Waals surface area contributed by atoms with E-state index in [0.29, 0.717) is 13.1 Å². The summed E-state index contributed by atoms with van der Waals surface area (Å²) in [5, 5.41) is 17.1. The Kier molecular flexibility index (Phi) is 4.17. The number of hydrogen-bond donors (Lipinski definition) is 4. The Morgan fingerprint density at radius 1 is 1.22 bits per heavy atom. The standard InChI is InChI=1S/C3H9BN2O2.ClH/c7-4(8)3-1-5-6-2-3;/h3,5-8H,1-2H2;1H. The molecule has 9 heavy (non-hydrogen) atoms. The molecule has 0 atom stereocenters. The molecule has 1 saturated heterocycles. The Labute approximate surface area is 60.2 Å². The van der Waals surface area contributed by atoms with Crippen LogP contribution in [0.4, 0.5) is 0 Å². The highest BCUT2D eigenvalue weighted by atomic mass is 35.5. The van der Waals surface area contributed by atoms with E-state index < -0.39 is 7.12 Å². The van der Waals surface area contributed by atoms with Crippen molar-refractivity contribution in [1.29, 1.82) is 0 Å². The number of nitrogens with one attached hydrogen (secondary N) is 2. The second-order valence-corrected chi connectivity index (χ2v) is 1.94. The predicted octanol–water partition coefficient (Wildman–Crippen LogP) is -1.64. The zero-order valence-corrected chi connectivity index (χ0v) is 5.69. The summed E-state index contributed by atoms with van der Waals surface area (Å²) in [6, 6.07) is 0. The minimum absolute atomic E-state index is 0. The fourth-order valence-electron chi connectivity index (χ4n) is 0.690. The van der Waals surface area contributed by atoms with Crippen LogP contribution in [0.3, 0.4) is 0 Å². The van der Waals surface area contributed by atoms with Crippen molar-refractivity contribution in [1.82, 2.24) is 10.9 Å². The number of hydrazine groups is 1. The Bertz CT molecular complexity index is 78.2. The molecule has 0 aliphatic carbocycles. The van der Waals surface area contributed by atoms with Crippen LogP contribution in [-0.2, 0) is 0 Å². The van der Waals surface area contributed by atoms with Gasteiger partial charge in [-0.25, -0.2) is 0 Å². The predicted molar refractivity (Wildman–Crippen MR) is 37.2 cm³/mol. The Morgan fingerprint density at radius 3 is 1.89 bits per heavy atom. The third-order valence-electron chi connectivity index (χ3n) is 1.28. The zero-order valence-electron chi connectivity index (χ0n) is 4.87. The lowest BCUT2D eigenvalue weighted by Gasteiger charge is -2.01. The first-order valence-corrected chi connectivity index (χ1v) is 2.62. The third-order valence-corrected chi connectivity index (χ3v) is 1.28. The molecule has 0 unspecified atom stereocenters. The number of halogens is 1. The smallest absolute Gasteiger partial charge is 0.427 e. The molecule has 1 rings (SSSR count). The van der Waals surface area contributed by atoms with E-state index in [-0.39, 0.29) is 18.2 Å². The topological polar surface area (TPSA) is 64.5 Å². The van der Waals surface area contributed by atoms with E-state index in [1.165, 1.54) is 0 Å². The van der Waals surface area contributed by atoms with Crippen LogP contribution in [0.2, 0.25) is 5.82 Å². The highest BCUT2D eigenvalue weighted by molar-refractivity contribution is 6.43. The quantitative estimate of drug-likeness (QED) is 0.340. The summed E-state index contributed by atoms with van der Waals surface area (Å²) >= 11 is 0. The first-order chi connectivity index (χ1) is 3.80. The van der Waals surface area contributed by atoms with E-state index in [2.05, 4.69) is 10.9 Å². The average Bonchev–Trinajstić information content (AvgIpc) is 2.12. The highest BCUT2D eigenvalue weighted by Crippen LogP contribution is 2.05. The third kappa shape index (κ3) is 2.51. The van der Waals surface area contributed by atoms with Gasteiger partial charge in [-0.2, -0.15) is 0 Å². The van der Waals surface area contributed by atoms with Crippen molar-refractivity contribution >= 4 is 19.5 Å². The van der Waals surface area contributed by atoms with E-state index in [4.69, 9.17) is 10.0 Å². The van der Waals surface area contributed by atoms with Gasteiger partial charge in [0.1, 0.15) is 0 Å². The van der Waals surface area contributed by atoms with Crippen molar-refractivity contribution < 1.29 is 10.0 Å². The zero-order chi connectivity index (χ0) is 5.98. The SMILES string of the molecule is Cl.OB(O)C1CNNC1. The van der Waals surface area contributed by atoms with Crippen LogP contribution in [0.1, 0.15) is 0 Å². The molecular formula is C3H10BClN2O2. The van der Waals surface area contributed by atoms with Gasteiger partial charge in [-0.05, 0) is 0 Å². The monoisotopic (exact) mass is 152 g/mol. The molecule has 0 bridgehead atoms. The van der Waals surface area contributed by atoms with Crippen molar-refractivity contribution in [3.05, 3.63) is 0 Å². The molecular weight excluding hydrogens is 142 g/mol. The van der Waals surface area contributed by atoms with Crippen LogP contribution < -0.4 is 10.9 Å². The van der Waals surface area contributed by atoms with E-state index in [9.17, 15) is 0 Å². The molecule has 0 spiro atoms. The summed E-state index contributed by atoms with van der Waals surface area (Å²) < 4.78 is 0. The molecule has 0 radical (unpaired) electrons. The number of hydrogen-bond acceptors (Lipinski definition) is 4. The fourth-order valence-corrected chi connectivity index (χ4v) is 0.690. The van der Waals surface area contributed by atoms with Crippen molar-refractivity contribution in [2.75, 3.05) is 13.1 Å². The van der Waals surface area contributed by atoms with Gasteiger partial charge in [-0.1, -0.05) is 0 Å². The van der Waals surface area contributed by atoms with Crippen molar-refractivity contribution in [2.45, 2.75) is 5.82 Å². The summed E-state index contributed by atoms with van der Waals surface area (Å²) in [4.78, 5) is 0. The largest absolute Gasteiger partial charge is 0.457 e. The first-order valence-electron chi connectivity index (χ1n) is 2.62. The second kappa shape index (κ2) is 4.08.